The molecule has 30 heavy (non-hydrogen) atoms. The average Bonchev–Trinajstić information content (AvgIpc) is 2.88. The molecule has 0 unspecified atom stereocenters. The Hall–Kier alpha value is -2.93. The molecule has 1 aromatic heterocycles. The highest BCUT2D eigenvalue weighted by Gasteiger charge is 2.35. The van der Waals surface area contributed by atoms with Crippen molar-refractivity contribution in [2.75, 3.05) is 10.7 Å². The number of benzene rings is 2. The minimum absolute atomic E-state index is 0.116. The molecular weight excluding hydrogens is 396 g/mol. The molecule has 1 amide bonds. The van der Waals surface area contributed by atoms with Gasteiger partial charge in [0.1, 0.15) is 0 Å². The quantitative estimate of drug-likeness (QED) is 0.547. The maximum atomic E-state index is 12.8. The van der Waals surface area contributed by atoms with E-state index in [4.69, 9.17) is 4.74 Å². The number of para-hydroxylation sites is 1. The molecule has 0 saturated carbocycles. The summed E-state index contributed by atoms with van der Waals surface area (Å²) in [5, 5.41) is 9.30. The number of thioether (sulfide) groups is 1. The third kappa shape index (κ3) is 3.77. The van der Waals surface area contributed by atoms with E-state index in [1.807, 2.05) is 44.2 Å². The second-order valence-corrected chi connectivity index (χ2v) is 8.40. The van der Waals surface area contributed by atoms with Crippen LogP contribution in [0.25, 0.3) is 11.3 Å². The predicted octanol–water partition coefficient (Wildman–Crippen LogP) is 5.10. The van der Waals surface area contributed by atoms with Gasteiger partial charge in [-0.25, -0.2) is 0 Å². The fraction of sp³-hybridized carbons (Fsp3) is 0.304. The Bertz CT molecular complexity index is 1100. The van der Waals surface area contributed by atoms with Crippen LogP contribution in [0.1, 0.15) is 43.2 Å². The van der Waals surface area contributed by atoms with Gasteiger partial charge < -0.3 is 4.74 Å². The summed E-state index contributed by atoms with van der Waals surface area (Å²) < 4.78 is 6.43. The lowest BCUT2D eigenvalue weighted by atomic mass is 10.0. The predicted molar refractivity (Wildman–Crippen MR) is 119 cm³/mol. The zero-order valence-corrected chi connectivity index (χ0v) is 18.4. The number of nitrogens with zero attached hydrogens (tertiary/aromatic N) is 4. The highest BCUT2D eigenvalue weighted by atomic mass is 32.2. The summed E-state index contributed by atoms with van der Waals surface area (Å²) in [6.45, 7) is 7.71. The molecule has 0 spiro atoms. The molecule has 2 aromatic carbocycles. The number of fused-ring (bicyclic) bond motifs is 3. The fourth-order valence-electron chi connectivity index (χ4n) is 3.54. The number of carbonyl (C=O) groups excluding carboxylic acids is 1. The summed E-state index contributed by atoms with van der Waals surface area (Å²) in [5.41, 5.74) is 5.13. The summed E-state index contributed by atoms with van der Waals surface area (Å²) in [5.74, 6) is 1.18. The molecule has 0 radical (unpaired) electrons. The molecule has 3 aromatic rings. The summed E-state index contributed by atoms with van der Waals surface area (Å²) >= 11 is 1.55. The molecule has 0 bridgehead atoms. The number of rotatable bonds is 4. The third-order valence-electron chi connectivity index (χ3n) is 4.99. The second-order valence-electron chi connectivity index (χ2n) is 7.33. The third-order valence-corrected chi connectivity index (χ3v) is 6.03. The summed E-state index contributed by atoms with van der Waals surface area (Å²) in [4.78, 5) is 19.2. The van der Waals surface area contributed by atoms with Gasteiger partial charge in [0.05, 0.1) is 5.69 Å². The standard InChI is InChI=1S/C23H24N4O2S/c1-5-12-30-23-24-21-20(25-26-23)17-8-6-7-9-19(17)27(16(4)28)22(29-21)18-13-14(2)10-11-15(18)3/h6-11,13,22H,5,12H2,1-4H3/t22-/m0/s1. The van der Waals surface area contributed by atoms with Crippen molar-refractivity contribution < 1.29 is 9.53 Å². The van der Waals surface area contributed by atoms with Crippen molar-refractivity contribution in [3.05, 3.63) is 59.2 Å². The molecular formula is C23H24N4O2S. The SMILES string of the molecule is CCCSc1nnc2c(n1)O[C@@H](c1cc(C)ccc1C)N(C(C)=O)c1ccccc1-2. The molecule has 154 valence electrons. The van der Waals surface area contributed by atoms with Crippen molar-refractivity contribution in [3.8, 4) is 17.1 Å². The molecule has 0 aliphatic carbocycles. The van der Waals surface area contributed by atoms with Crippen LogP contribution in [0.2, 0.25) is 0 Å². The topological polar surface area (TPSA) is 68.2 Å². The first-order chi connectivity index (χ1) is 14.5. The number of aromatic nitrogens is 3. The smallest absolute Gasteiger partial charge is 0.247 e. The number of anilines is 1. The van der Waals surface area contributed by atoms with Gasteiger partial charge in [-0.05, 0) is 31.9 Å². The fourth-order valence-corrected chi connectivity index (χ4v) is 4.17. The zero-order valence-electron chi connectivity index (χ0n) is 17.5. The number of amides is 1. The Morgan fingerprint density at radius 2 is 1.97 bits per heavy atom. The van der Waals surface area contributed by atoms with Crippen molar-refractivity contribution in [2.24, 2.45) is 0 Å². The van der Waals surface area contributed by atoms with Crippen LogP contribution >= 0.6 is 11.8 Å². The van der Waals surface area contributed by atoms with Gasteiger partial charge in [0.25, 0.3) is 0 Å². The molecule has 7 heteroatoms. The Labute approximate surface area is 180 Å². The van der Waals surface area contributed by atoms with Crippen LogP contribution in [0, 0.1) is 13.8 Å². The molecule has 1 aliphatic rings. The number of carbonyl (C=O) groups is 1. The van der Waals surface area contributed by atoms with Gasteiger partial charge >= 0.3 is 0 Å². The summed E-state index contributed by atoms with van der Waals surface area (Å²) in [7, 11) is 0. The molecule has 0 saturated heterocycles. The van der Waals surface area contributed by atoms with Gasteiger partial charge in [-0.3, -0.25) is 9.69 Å². The normalized spacial score (nSPS) is 15.1. The molecule has 1 atom stereocenters. The molecule has 6 nitrogen and oxygen atoms in total. The van der Waals surface area contributed by atoms with E-state index in [1.165, 1.54) is 0 Å². The maximum absolute atomic E-state index is 12.8. The van der Waals surface area contributed by atoms with Gasteiger partial charge in [-0.1, -0.05) is 60.6 Å². The van der Waals surface area contributed by atoms with E-state index in [2.05, 4.69) is 34.2 Å². The van der Waals surface area contributed by atoms with Crippen molar-refractivity contribution >= 4 is 23.4 Å². The minimum atomic E-state index is -0.648. The largest absolute Gasteiger partial charge is 0.447 e. The Balaban J connectivity index is 1.94. The van der Waals surface area contributed by atoms with Crippen molar-refractivity contribution in [1.29, 1.82) is 0 Å². The van der Waals surface area contributed by atoms with Gasteiger partial charge in [0, 0.05) is 23.8 Å². The van der Waals surface area contributed by atoms with Crippen LogP contribution in [-0.2, 0) is 4.79 Å². The number of hydrogen-bond acceptors (Lipinski definition) is 6. The van der Waals surface area contributed by atoms with E-state index in [9.17, 15) is 4.79 Å². The Morgan fingerprint density at radius 3 is 2.73 bits per heavy atom. The molecule has 4 rings (SSSR count). The van der Waals surface area contributed by atoms with Crippen LogP contribution in [0.4, 0.5) is 5.69 Å². The number of aryl methyl sites for hydroxylation is 2. The Kier molecular flexibility index (Phi) is 5.72. The zero-order chi connectivity index (χ0) is 21.3. The lowest BCUT2D eigenvalue weighted by Crippen LogP contribution is -2.36. The van der Waals surface area contributed by atoms with Crippen LogP contribution in [-0.4, -0.2) is 26.8 Å². The number of hydrogen-bond donors (Lipinski definition) is 0. The minimum Gasteiger partial charge on any atom is -0.447 e. The first kappa shape index (κ1) is 20.3. The highest BCUT2D eigenvalue weighted by molar-refractivity contribution is 7.99. The maximum Gasteiger partial charge on any atom is 0.247 e. The summed E-state index contributed by atoms with van der Waals surface area (Å²) in [6, 6.07) is 13.8. The highest BCUT2D eigenvalue weighted by Crippen LogP contribution is 2.43. The van der Waals surface area contributed by atoms with Crippen molar-refractivity contribution in [2.45, 2.75) is 45.5 Å². The van der Waals surface area contributed by atoms with E-state index in [-0.39, 0.29) is 5.91 Å². The van der Waals surface area contributed by atoms with Crippen LogP contribution in [0.5, 0.6) is 5.88 Å². The lowest BCUT2D eigenvalue weighted by Gasteiger charge is -2.31. The molecule has 0 fully saturated rings. The van der Waals surface area contributed by atoms with Crippen LogP contribution in [0.15, 0.2) is 47.6 Å². The first-order valence-electron chi connectivity index (χ1n) is 10.00. The van der Waals surface area contributed by atoms with Crippen LogP contribution < -0.4 is 9.64 Å². The van der Waals surface area contributed by atoms with Crippen molar-refractivity contribution in [1.82, 2.24) is 15.2 Å². The molecule has 2 heterocycles. The first-order valence-corrected chi connectivity index (χ1v) is 11.0. The van der Waals surface area contributed by atoms with Gasteiger partial charge in [0.2, 0.25) is 23.2 Å². The monoisotopic (exact) mass is 420 g/mol. The molecule has 0 N–H and O–H groups in total. The van der Waals surface area contributed by atoms with E-state index in [0.717, 1.165) is 40.1 Å². The van der Waals surface area contributed by atoms with E-state index in [1.54, 1.807) is 23.6 Å². The van der Waals surface area contributed by atoms with E-state index >= 15 is 0 Å². The average molecular weight is 421 g/mol. The van der Waals surface area contributed by atoms with Gasteiger partial charge in [0.15, 0.2) is 5.69 Å². The van der Waals surface area contributed by atoms with Gasteiger partial charge in [-0.15, -0.1) is 10.2 Å². The van der Waals surface area contributed by atoms with Gasteiger partial charge in [-0.2, -0.15) is 4.98 Å². The summed E-state index contributed by atoms with van der Waals surface area (Å²) in [6.07, 6.45) is 0.364. The lowest BCUT2D eigenvalue weighted by molar-refractivity contribution is -0.118. The van der Waals surface area contributed by atoms with Crippen molar-refractivity contribution in [3.63, 3.8) is 0 Å². The molecule has 1 aliphatic heterocycles. The second kappa shape index (κ2) is 8.44. The Morgan fingerprint density at radius 1 is 1.17 bits per heavy atom. The van der Waals surface area contributed by atoms with Crippen LogP contribution in [0.3, 0.4) is 0 Å². The van der Waals surface area contributed by atoms with E-state index in [0.29, 0.717) is 16.7 Å². The van der Waals surface area contributed by atoms with E-state index < -0.39 is 6.23 Å². The number of ether oxygens (including phenoxy) is 1.